The van der Waals surface area contributed by atoms with Crippen LogP contribution in [0.1, 0.15) is 13.3 Å². The van der Waals surface area contributed by atoms with Crippen LogP contribution in [0.15, 0.2) is 30.3 Å². The lowest BCUT2D eigenvalue weighted by atomic mass is 10.3. The quantitative estimate of drug-likeness (QED) is 0.573. The number of carbonyl (C=O) groups excluding carboxylic acids is 2. The first-order valence-corrected chi connectivity index (χ1v) is 4.37. The Morgan fingerprint density at radius 3 is 2.57 bits per heavy atom. The van der Waals surface area contributed by atoms with Crippen molar-refractivity contribution in [2.24, 2.45) is 0 Å². The highest BCUT2D eigenvalue weighted by Gasteiger charge is 2.11. The number of rotatable bonds is 4. The van der Waals surface area contributed by atoms with Gasteiger partial charge in [0.05, 0.1) is 5.69 Å². The van der Waals surface area contributed by atoms with Crippen molar-refractivity contribution in [3.63, 3.8) is 0 Å². The molecular formula is C10H12N2O2. The molecule has 0 saturated heterocycles. The Balaban J connectivity index is 2.88. The smallest absolute Gasteiger partial charge is 0.245 e. The highest BCUT2D eigenvalue weighted by Crippen LogP contribution is 2.11. The molecule has 0 bridgehead atoms. The van der Waals surface area contributed by atoms with E-state index < -0.39 is 0 Å². The molecule has 0 radical (unpaired) electrons. The zero-order valence-corrected chi connectivity index (χ0v) is 7.93. The van der Waals surface area contributed by atoms with E-state index in [0.29, 0.717) is 18.5 Å². The molecule has 0 atom stereocenters. The first kappa shape index (κ1) is 10.2. The third kappa shape index (κ3) is 2.32. The van der Waals surface area contributed by atoms with E-state index in [9.17, 15) is 9.59 Å². The van der Waals surface area contributed by atoms with E-state index in [4.69, 9.17) is 0 Å². The average molecular weight is 192 g/mol. The minimum absolute atomic E-state index is 0.150. The van der Waals surface area contributed by atoms with Gasteiger partial charge in [0.1, 0.15) is 0 Å². The number of nitrogens with one attached hydrogen (secondary N) is 1. The highest BCUT2D eigenvalue weighted by atomic mass is 16.2. The molecule has 0 aliphatic heterocycles. The van der Waals surface area contributed by atoms with Gasteiger partial charge in [-0.15, -0.1) is 0 Å². The van der Waals surface area contributed by atoms with Crippen LogP contribution in [0.5, 0.6) is 0 Å². The van der Waals surface area contributed by atoms with Crippen LogP contribution >= 0.6 is 0 Å². The summed E-state index contributed by atoms with van der Waals surface area (Å²) in [5, 5.41) is 1.23. The Bertz CT molecular complexity index is 311. The second-order valence-corrected chi connectivity index (χ2v) is 2.67. The number of benzene rings is 1. The van der Waals surface area contributed by atoms with E-state index in [1.165, 1.54) is 5.01 Å². The van der Waals surface area contributed by atoms with Gasteiger partial charge in [-0.25, -0.2) is 5.01 Å². The van der Waals surface area contributed by atoms with E-state index in [1.807, 2.05) is 6.07 Å². The average Bonchev–Trinajstić information content (AvgIpc) is 2.26. The molecule has 1 aromatic carbocycles. The summed E-state index contributed by atoms with van der Waals surface area (Å²) >= 11 is 0. The van der Waals surface area contributed by atoms with Gasteiger partial charge in [0.2, 0.25) is 12.3 Å². The third-order valence-electron chi connectivity index (χ3n) is 1.75. The van der Waals surface area contributed by atoms with Crippen LogP contribution in [0.2, 0.25) is 0 Å². The molecule has 74 valence electrons. The summed E-state index contributed by atoms with van der Waals surface area (Å²) in [6, 6.07) is 8.96. The van der Waals surface area contributed by atoms with Crippen molar-refractivity contribution < 1.29 is 9.59 Å². The van der Waals surface area contributed by atoms with Gasteiger partial charge in [-0.3, -0.25) is 15.0 Å². The maximum atomic E-state index is 11.4. The molecule has 4 heteroatoms. The maximum absolute atomic E-state index is 11.4. The van der Waals surface area contributed by atoms with E-state index in [1.54, 1.807) is 31.2 Å². The molecule has 1 rings (SSSR count). The first-order chi connectivity index (χ1) is 6.79. The van der Waals surface area contributed by atoms with E-state index >= 15 is 0 Å². The summed E-state index contributed by atoms with van der Waals surface area (Å²) in [6.07, 6.45) is 0.830. The Kier molecular flexibility index (Phi) is 3.67. The third-order valence-corrected chi connectivity index (χ3v) is 1.75. The number of nitrogens with zero attached hydrogens (tertiary/aromatic N) is 1. The number of anilines is 1. The van der Waals surface area contributed by atoms with Crippen molar-refractivity contribution in [3.8, 4) is 0 Å². The zero-order chi connectivity index (χ0) is 10.4. The van der Waals surface area contributed by atoms with E-state index in [0.717, 1.165) is 0 Å². The highest BCUT2D eigenvalue weighted by molar-refractivity contribution is 5.93. The van der Waals surface area contributed by atoms with E-state index in [-0.39, 0.29) is 5.91 Å². The molecule has 0 aliphatic carbocycles. The number of hydrogen-bond acceptors (Lipinski definition) is 2. The number of hydrogen-bond donors (Lipinski definition) is 1. The number of para-hydroxylation sites is 1. The predicted octanol–water partition coefficient (Wildman–Crippen LogP) is 1.09. The van der Waals surface area contributed by atoms with Crippen LogP contribution in [0.25, 0.3) is 0 Å². The second-order valence-electron chi connectivity index (χ2n) is 2.67. The van der Waals surface area contributed by atoms with Gasteiger partial charge in [-0.05, 0) is 12.1 Å². The summed E-state index contributed by atoms with van der Waals surface area (Å²) in [5.74, 6) is -0.150. The number of carbonyl (C=O) groups is 2. The monoisotopic (exact) mass is 192 g/mol. The lowest BCUT2D eigenvalue weighted by Gasteiger charge is -2.19. The van der Waals surface area contributed by atoms with Gasteiger partial charge >= 0.3 is 0 Å². The summed E-state index contributed by atoms with van der Waals surface area (Å²) in [5.41, 5.74) is 3.01. The van der Waals surface area contributed by atoms with Gasteiger partial charge in [0.25, 0.3) is 0 Å². The molecule has 4 nitrogen and oxygen atoms in total. The largest absolute Gasteiger partial charge is 0.277 e. The lowest BCUT2D eigenvalue weighted by molar-refractivity contribution is -0.121. The van der Waals surface area contributed by atoms with Crippen molar-refractivity contribution in [1.82, 2.24) is 5.43 Å². The van der Waals surface area contributed by atoms with Crippen LogP contribution in [0, 0.1) is 0 Å². The summed E-state index contributed by atoms with van der Waals surface area (Å²) in [7, 11) is 0. The lowest BCUT2D eigenvalue weighted by Crippen LogP contribution is -2.41. The molecular weight excluding hydrogens is 180 g/mol. The van der Waals surface area contributed by atoms with Crippen LogP contribution in [0.3, 0.4) is 0 Å². The molecule has 0 unspecified atom stereocenters. The molecule has 0 saturated carbocycles. The van der Waals surface area contributed by atoms with Crippen LogP contribution in [-0.4, -0.2) is 12.3 Å². The Hall–Kier alpha value is -1.84. The molecule has 0 aromatic heterocycles. The maximum Gasteiger partial charge on any atom is 0.245 e. The molecule has 0 fully saturated rings. The van der Waals surface area contributed by atoms with Crippen molar-refractivity contribution in [2.75, 3.05) is 5.01 Å². The van der Waals surface area contributed by atoms with Crippen LogP contribution in [0.4, 0.5) is 5.69 Å². The topological polar surface area (TPSA) is 49.4 Å². The van der Waals surface area contributed by atoms with Crippen molar-refractivity contribution in [3.05, 3.63) is 30.3 Å². The first-order valence-electron chi connectivity index (χ1n) is 4.37. The van der Waals surface area contributed by atoms with Gasteiger partial charge in [-0.1, -0.05) is 25.1 Å². The van der Waals surface area contributed by atoms with Crippen molar-refractivity contribution >= 4 is 18.0 Å². The number of amides is 2. The SMILES string of the molecule is CCC(=O)N(NC=O)c1ccccc1. The Morgan fingerprint density at radius 2 is 2.07 bits per heavy atom. The molecule has 2 amide bonds. The molecule has 14 heavy (non-hydrogen) atoms. The fourth-order valence-corrected chi connectivity index (χ4v) is 1.08. The fraction of sp³-hybridized carbons (Fsp3) is 0.200. The predicted molar refractivity (Wildman–Crippen MR) is 53.4 cm³/mol. The number of hydrazine groups is 1. The zero-order valence-electron chi connectivity index (χ0n) is 7.93. The summed E-state index contributed by atoms with van der Waals surface area (Å²) < 4.78 is 0. The standard InChI is InChI=1S/C10H12N2O2/c1-2-10(14)12(11-8-13)9-6-4-3-5-7-9/h3-8H,2H2,1H3,(H,11,13). The van der Waals surface area contributed by atoms with E-state index in [2.05, 4.69) is 5.43 Å². The Morgan fingerprint density at radius 1 is 1.43 bits per heavy atom. The van der Waals surface area contributed by atoms with Crippen molar-refractivity contribution in [2.45, 2.75) is 13.3 Å². The molecule has 1 aromatic rings. The molecule has 0 heterocycles. The second kappa shape index (κ2) is 5.01. The van der Waals surface area contributed by atoms with Gasteiger partial charge in [0.15, 0.2) is 0 Å². The van der Waals surface area contributed by atoms with Crippen LogP contribution < -0.4 is 10.4 Å². The fourth-order valence-electron chi connectivity index (χ4n) is 1.08. The Labute approximate surface area is 82.5 Å². The normalized spacial score (nSPS) is 9.21. The van der Waals surface area contributed by atoms with Gasteiger partial charge < -0.3 is 0 Å². The van der Waals surface area contributed by atoms with Crippen molar-refractivity contribution in [1.29, 1.82) is 0 Å². The molecule has 0 spiro atoms. The minimum Gasteiger partial charge on any atom is -0.277 e. The molecule has 1 N–H and O–H groups in total. The van der Waals surface area contributed by atoms with Crippen LogP contribution in [-0.2, 0) is 9.59 Å². The summed E-state index contributed by atoms with van der Waals surface area (Å²) in [4.78, 5) is 21.7. The summed E-state index contributed by atoms with van der Waals surface area (Å²) in [6.45, 7) is 1.74. The van der Waals surface area contributed by atoms with Gasteiger partial charge in [0, 0.05) is 6.42 Å². The molecule has 0 aliphatic rings. The minimum atomic E-state index is -0.150. The van der Waals surface area contributed by atoms with Gasteiger partial charge in [-0.2, -0.15) is 0 Å².